The Bertz CT molecular complexity index is 3150. The van der Waals surface area contributed by atoms with Gasteiger partial charge in [-0.25, -0.2) is 0 Å². The van der Waals surface area contributed by atoms with E-state index in [9.17, 15) is 0 Å². The van der Waals surface area contributed by atoms with E-state index in [1.54, 1.807) is 0 Å². The molecule has 2 aliphatic rings. The zero-order valence-corrected chi connectivity index (χ0v) is 34.1. The molecule has 1 nitrogen and oxygen atoms in total. The third-order valence-electron chi connectivity index (χ3n) is 13.1. The molecule has 2 aliphatic carbocycles. The topological polar surface area (TPSA) is 3.24 Å². The predicted octanol–water partition coefficient (Wildman–Crippen LogP) is 16.2. The molecule has 0 unspecified atom stereocenters. The molecule has 0 aliphatic heterocycles. The minimum atomic E-state index is -0.436. The highest BCUT2D eigenvalue weighted by atomic mass is 15.1. The van der Waals surface area contributed by atoms with Crippen LogP contribution in [0.2, 0.25) is 0 Å². The first kappa shape index (κ1) is 35.9. The van der Waals surface area contributed by atoms with Gasteiger partial charge in [0, 0.05) is 17.1 Å². The van der Waals surface area contributed by atoms with Gasteiger partial charge < -0.3 is 4.90 Å². The van der Waals surface area contributed by atoms with Gasteiger partial charge in [0.05, 0.1) is 5.41 Å². The zero-order valence-electron chi connectivity index (χ0n) is 34.1. The molecule has 0 bridgehead atoms. The highest BCUT2D eigenvalue weighted by molar-refractivity contribution is 6.00. The molecule has 0 N–H and O–H groups in total. The van der Waals surface area contributed by atoms with Crippen molar-refractivity contribution in [2.45, 2.75) is 5.41 Å². The summed E-state index contributed by atoms with van der Waals surface area (Å²) in [7, 11) is 0. The molecule has 0 fully saturated rings. The van der Waals surface area contributed by atoms with Crippen molar-refractivity contribution in [2.24, 2.45) is 0 Å². The normalized spacial score (nSPS) is 12.6. The highest BCUT2D eigenvalue weighted by Crippen LogP contribution is 2.63. The summed E-state index contributed by atoms with van der Waals surface area (Å²) in [4.78, 5) is 2.44. The van der Waals surface area contributed by atoms with E-state index in [1.807, 2.05) is 0 Å². The fourth-order valence-corrected chi connectivity index (χ4v) is 10.5. The van der Waals surface area contributed by atoms with Gasteiger partial charge in [-0.3, -0.25) is 0 Å². The van der Waals surface area contributed by atoms with Crippen LogP contribution in [0.15, 0.2) is 249 Å². The number of nitrogens with zero attached hydrogens (tertiary/aromatic N) is 1. The van der Waals surface area contributed by atoms with E-state index in [0.29, 0.717) is 0 Å². The number of rotatable bonds is 7. The van der Waals surface area contributed by atoms with E-state index in [4.69, 9.17) is 0 Å². The Morgan fingerprint density at radius 2 is 0.629 bits per heavy atom. The minimum absolute atomic E-state index is 0.436. The van der Waals surface area contributed by atoms with Crippen molar-refractivity contribution < 1.29 is 0 Å². The molecule has 0 heterocycles. The summed E-state index contributed by atoms with van der Waals surface area (Å²) in [6, 6.07) is 91.5. The van der Waals surface area contributed by atoms with Crippen molar-refractivity contribution >= 4 is 17.1 Å². The number of hydrogen-bond donors (Lipinski definition) is 0. The molecule has 10 aromatic carbocycles. The second-order valence-corrected chi connectivity index (χ2v) is 16.4. The second-order valence-electron chi connectivity index (χ2n) is 16.4. The van der Waals surface area contributed by atoms with Gasteiger partial charge in [0.1, 0.15) is 0 Å². The second kappa shape index (κ2) is 14.6. The van der Waals surface area contributed by atoms with Gasteiger partial charge in [-0.05, 0) is 138 Å². The number of para-hydroxylation sites is 1. The summed E-state index contributed by atoms with van der Waals surface area (Å²) in [6.45, 7) is 0. The van der Waals surface area contributed by atoms with Crippen molar-refractivity contribution in [3.05, 3.63) is 271 Å². The monoisotopic (exact) mass is 787 g/mol. The van der Waals surface area contributed by atoms with Crippen molar-refractivity contribution in [3.63, 3.8) is 0 Å². The van der Waals surface area contributed by atoms with E-state index in [2.05, 4.69) is 254 Å². The average molecular weight is 788 g/mol. The maximum absolute atomic E-state index is 2.48. The van der Waals surface area contributed by atoms with Crippen LogP contribution >= 0.6 is 0 Å². The molecule has 1 heteroatoms. The standard InChI is InChI=1S/C61H41N/c1-5-20-42(21-6-1)46-39-54(43-22-7-2-8-23-43)60(55(40-46)44-24-9-3-10-25-44)45-26-19-29-48(38-45)62(47-27-11-4-12-28-47)49-36-37-53-52-32-15-18-35-58(52)61(59(53)41-49)56-33-16-13-30-50(56)51-31-14-17-34-57(51)61/h1-41H. The van der Waals surface area contributed by atoms with E-state index >= 15 is 0 Å². The number of anilines is 3. The minimum Gasteiger partial charge on any atom is -0.310 e. The first-order valence-corrected chi connectivity index (χ1v) is 21.5. The van der Waals surface area contributed by atoms with Gasteiger partial charge >= 0.3 is 0 Å². The Balaban J connectivity index is 1.09. The van der Waals surface area contributed by atoms with Crippen molar-refractivity contribution in [1.29, 1.82) is 0 Å². The largest absolute Gasteiger partial charge is 0.310 e. The van der Waals surface area contributed by atoms with E-state index in [1.165, 1.54) is 83.5 Å². The molecule has 1 spiro atoms. The highest BCUT2D eigenvalue weighted by Gasteiger charge is 2.51. The van der Waals surface area contributed by atoms with Crippen LogP contribution in [0.3, 0.4) is 0 Å². The zero-order chi connectivity index (χ0) is 41.0. The molecule has 0 aromatic heterocycles. The van der Waals surface area contributed by atoms with Gasteiger partial charge in [0.25, 0.3) is 0 Å². The lowest BCUT2D eigenvalue weighted by molar-refractivity contribution is 0.793. The maximum Gasteiger partial charge on any atom is 0.0726 e. The Morgan fingerprint density at radius 1 is 0.226 bits per heavy atom. The molecular formula is C61H41N. The van der Waals surface area contributed by atoms with E-state index in [0.717, 1.165) is 22.6 Å². The molecule has 0 amide bonds. The van der Waals surface area contributed by atoms with Gasteiger partial charge in [0.15, 0.2) is 0 Å². The van der Waals surface area contributed by atoms with Gasteiger partial charge in [-0.1, -0.05) is 200 Å². The van der Waals surface area contributed by atoms with Crippen LogP contribution in [0.1, 0.15) is 22.3 Å². The number of fused-ring (bicyclic) bond motifs is 10. The van der Waals surface area contributed by atoms with Crippen molar-refractivity contribution in [1.82, 2.24) is 0 Å². The molecule has 12 rings (SSSR count). The SMILES string of the molecule is c1ccc(-c2cc(-c3ccccc3)c(-c3cccc(N(c4ccccc4)c4ccc5c(c4)C4(c6ccccc6-c6ccccc64)c4ccccc4-5)c3)c(-c3ccccc3)c2)cc1. The molecule has 0 atom stereocenters. The van der Waals surface area contributed by atoms with Gasteiger partial charge in [0.2, 0.25) is 0 Å². The molecule has 0 saturated heterocycles. The summed E-state index contributed by atoms with van der Waals surface area (Å²) >= 11 is 0. The maximum atomic E-state index is 2.48. The Labute approximate surface area is 363 Å². The third kappa shape index (κ3) is 5.56. The Kier molecular flexibility index (Phi) is 8.47. The summed E-state index contributed by atoms with van der Waals surface area (Å²) in [5, 5.41) is 0. The first-order valence-electron chi connectivity index (χ1n) is 21.5. The van der Waals surface area contributed by atoms with Crippen molar-refractivity contribution in [2.75, 3.05) is 4.90 Å². The molecule has 0 radical (unpaired) electrons. The fraction of sp³-hybridized carbons (Fsp3) is 0.0164. The average Bonchev–Trinajstić information content (AvgIpc) is 3.82. The molecule has 62 heavy (non-hydrogen) atoms. The molecular weight excluding hydrogens is 747 g/mol. The molecule has 0 saturated carbocycles. The lowest BCUT2D eigenvalue weighted by Crippen LogP contribution is -2.26. The lowest BCUT2D eigenvalue weighted by atomic mass is 9.70. The Hall–Kier alpha value is -8.00. The third-order valence-corrected chi connectivity index (χ3v) is 13.1. The van der Waals surface area contributed by atoms with Crippen LogP contribution < -0.4 is 4.90 Å². The smallest absolute Gasteiger partial charge is 0.0726 e. The summed E-state index contributed by atoms with van der Waals surface area (Å²) in [6.07, 6.45) is 0. The predicted molar refractivity (Wildman–Crippen MR) is 259 cm³/mol. The van der Waals surface area contributed by atoms with Crippen LogP contribution in [0.4, 0.5) is 17.1 Å². The quantitative estimate of drug-likeness (QED) is 0.155. The number of hydrogen-bond acceptors (Lipinski definition) is 1. The molecule has 290 valence electrons. The fourth-order valence-electron chi connectivity index (χ4n) is 10.5. The van der Waals surface area contributed by atoms with Crippen LogP contribution in [0.25, 0.3) is 66.8 Å². The van der Waals surface area contributed by atoms with E-state index < -0.39 is 5.41 Å². The van der Waals surface area contributed by atoms with E-state index in [-0.39, 0.29) is 0 Å². The lowest BCUT2D eigenvalue weighted by Gasteiger charge is -2.32. The van der Waals surface area contributed by atoms with Gasteiger partial charge in [-0.2, -0.15) is 0 Å². The number of benzene rings is 10. The van der Waals surface area contributed by atoms with Crippen LogP contribution in [0.5, 0.6) is 0 Å². The summed E-state index contributed by atoms with van der Waals surface area (Å²) in [5.41, 5.74) is 23.0. The van der Waals surface area contributed by atoms with Crippen LogP contribution in [0, 0.1) is 0 Å². The van der Waals surface area contributed by atoms with Crippen LogP contribution in [-0.2, 0) is 5.41 Å². The Morgan fingerprint density at radius 3 is 1.16 bits per heavy atom. The molecule has 10 aromatic rings. The summed E-state index contributed by atoms with van der Waals surface area (Å²) in [5.74, 6) is 0. The van der Waals surface area contributed by atoms with Crippen molar-refractivity contribution in [3.8, 4) is 66.8 Å². The summed E-state index contributed by atoms with van der Waals surface area (Å²) < 4.78 is 0. The van der Waals surface area contributed by atoms with Gasteiger partial charge in [-0.15, -0.1) is 0 Å². The first-order chi connectivity index (χ1) is 30.8. The van der Waals surface area contributed by atoms with Crippen LogP contribution in [-0.4, -0.2) is 0 Å².